The van der Waals surface area contributed by atoms with Gasteiger partial charge in [0.25, 0.3) is 0 Å². The van der Waals surface area contributed by atoms with Gasteiger partial charge in [0, 0.05) is 0 Å². The zero-order valence-electron chi connectivity index (χ0n) is 20.8. The molecular formula is C22H62. The van der Waals surface area contributed by atoms with Crippen molar-refractivity contribution in [3.63, 3.8) is 0 Å². The molecule has 0 saturated heterocycles. The van der Waals surface area contributed by atoms with E-state index in [2.05, 4.69) is 0 Å². The standard InChI is InChI=1S/C4H8.9C2H6/c1-2-4-3-1;9*1-2/h1-4H2;9*1-2H3. The van der Waals surface area contributed by atoms with Crippen molar-refractivity contribution in [1.29, 1.82) is 0 Å². The third kappa shape index (κ3) is 451. The summed E-state index contributed by atoms with van der Waals surface area (Å²) in [6.45, 7) is 36.0. The van der Waals surface area contributed by atoms with Crippen molar-refractivity contribution >= 4 is 0 Å². The van der Waals surface area contributed by atoms with Crippen molar-refractivity contribution in [1.82, 2.24) is 0 Å². The highest BCUT2D eigenvalue weighted by molar-refractivity contribution is 4.50. The molecule has 150 valence electrons. The van der Waals surface area contributed by atoms with Gasteiger partial charge in [0.1, 0.15) is 0 Å². The summed E-state index contributed by atoms with van der Waals surface area (Å²) in [4.78, 5) is 0. The number of rotatable bonds is 0. The van der Waals surface area contributed by atoms with E-state index in [-0.39, 0.29) is 0 Å². The smallest absolute Gasteiger partial charge is 0.0533 e. The van der Waals surface area contributed by atoms with E-state index < -0.39 is 0 Å². The topological polar surface area (TPSA) is 0 Å². The van der Waals surface area contributed by atoms with E-state index in [9.17, 15) is 0 Å². The van der Waals surface area contributed by atoms with Gasteiger partial charge >= 0.3 is 0 Å². The molecule has 0 amide bonds. The minimum Gasteiger partial charge on any atom is -0.0683 e. The van der Waals surface area contributed by atoms with Crippen molar-refractivity contribution in [2.24, 2.45) is 0 Å². The van der Waals surface area contributed by atoms with Crippen LogP contribution in [0.3, 0.4) is 0 Å². The molecule has 0 aromatic heterocycles. The van der Waals surface area contributed by atoms with E-state index >= 15 is 0 Å². The van der Waals surface area contributed by atoms with E-state index in [1.54, 1.807) is 0 Å². The van der Waals surface area contributed by atoms with E-state index in [0.29, 0.717) is 0 Å². The Morgan fingerprint density at radius 2 is 0.227 bits per heavy atom. The molecule has 0 aromatic carbocycles. The molecule has 0 N–H and O–H groups in total. The molecule has 0 aromatic rings. The van der Waals surface area contributed by atoms with Crippen LogP contribution in [0.5, 0.6) is 0 Å². The molecule has 0 radical (unpaired) electrons. The zero-order valence-corrected chi connectivity index (χ0v) is 20.8. The molecule has 0 nitrogen and oxygen atoms in total. The Bertz CT molecular complexity index is 8.00. The van der Waals surface area contributed by atoms with E-state index in [0.717, 1.165) is 0 Å². The summed E-state index contributed by atoms with van der Waals surface area (Å²) in [6, 6.07) is 0. The van der Waals surface area contributed by atoms with Gasteiger partial charge in [0.2, 0.25) is 0 Å². The highest BCUT2D eigenvalue weighted by atomic mass is 14.0. The lowest BCUT2D eigenvalue weighted by atomic mass is 10.0. The van der Waals surface area contributed by atoms with Crippen molar-refractivity contribution in [3.8, 4) is 0 Å². The first-order valence-electron chi connectivity index (χ1n) is 11.0. The van der Waals surface area contributed by atoms with Crippen molar-refractivity contribution in [3.05, 3.63) is 0 Å². The van der Waals surface area contributed by atoms with Gasteiger partial charge < -0.3 is 0 Å². The largest absolute Gasteiger partial charge is 0.0683 e. The molecule has 0 spiro atoms. The van der Waals surface area contributed by atoms with E-state index in [1.165, 1.54) is 25.7 Å². The lowest BCUT2D eigenvalue weighted by Crippen LogP contribution is -1.85. The van der Waals surface area contributed by atoms with Crippen LogP contribution in [0.25, 0.3) is 0 Å². The fourth-order valence-corrected chi connectivity index (χ4v) is 0.250. The van der Waals surface area contributed by atoms with Gasteiger partial charge in [-0.3, -0.25) is 0 Å². The summed E-state index contributed by atoms with van der Waals surface area (Å²) < 4.78 is 0. The second-order valence-corrected chi connectivity index (χ2v) is 1.41. The monoisotopic (exact) mass is 326 g/mol. The second-order valence-electron chi connectivity index (χ2n) is 1.41. The molecule has 0 atom stereocenters. The molecule has 0 heterocycles. The van der Waals surface area contributed by atoms with Gasteiger partial charge in [0.15, 0.2) is 0 Å². The second kappa shape index (κ2) is 525. The van der Waals surface area contributed by atoms with Crippen LogP contribution in [0.15, 0.2) is 0 Å². The Hall–Kier alpha value is 0. The van der Waals surface area contributed by atoms with Gasteiger partial charge in [-0.1, -0.05) is 150 Å². The summed E-state index contributed by atoms with van der Waals surface area (Å²) in [5.41, 5.74) is 0. The van der Waals surface area contributed by atoms with Crippen LogP contribution < -0.4 is 0 Å². The maximum absolute atomic E-state index is 2.00. The highest BCUT2D eigenvalue weighted by Crippen LogP contribution is 2.15. The Balaban J connectivity index is -0.0000000125. The van der Waals surface area contributed by atoms with Crippen molar-refractivity contribution in [2.75, 3.05) is 0 Å². The Kier molecular flexibility index (Phi) is 1370. The maximum Gasteiger partial charge on any atom is -0.0533 e. The average molecular weight is 327 g/mol. The van der Waals surface area contributed by atoms with Crippen LogP contribution in [0.4, 0.5) is 0 Å². The molecule has 0 unspecified atom stereocenters. The molecular weight excluding hydrogens is 264 g/mol. The van der Waals surface area contributed by atoms with Crippen molar-refractivity contribution in [2.45, 2.75) is 150 Å². The molecule has 22 heavy (non-hydrogen) atoms. The highest BCUT2D eigenvalue weighted by Gasteiger charge is 1.95. The Labute approximate surface area is 150 Å². The molecule has 1 saturated carbocycles. The maximum atomic E-state index is 2.00. The van der Waals surface area contributed by atoms with Crippen molar-refractivity contribution < 1.29 is 0 Å². The molecule has 1 fully saturated rings. The van der Waals surface area contributed by atoms with Crippen LogP contribution in [0.1, 0.15) is 150 Å². The summed E-state index contributed by atoms with van der Waals surface area (Å²) in [6.07, 6.45) is 6.00. The fraction of sp³-hybridized carbons (Fsp3) is 1.00. The minimum atomic E-state index is 1.50. The fourth-order valence-electron chi connectivity index (χ4n) is 0.250. The first-order chi connectivity index (χ1) is 11.0. The third-order valence-electron chi connectivity index (χ3n) is 1.000. The summed E-state index contributed by atoms with van der Waals surface area (Å²) in [5, 5.41) is 0. The zero-order chi connectivity index (χ0) is 20.8. The summed E-state index contributed by atoms with van der Waals surface area (Å²) in [5.74, 6) is 0. The average Bonchev–Trinajstić information content (AvgIpc) is 2.68. The Morgan fingerprint density at radius 3 is 0.227 bits per heavy atom. The molecule has 0 heteroatoms. The van der Waals surface area contributed by atoms with Gasteiger partial charge in [-0.15, -0.1) is 0 Å². The predicted octanol–water partition coefficient (Wildman–Crippen LogP) is 10.8. The first kappa shape index (κ1) is 57.4. The lowest BCUT2D eigenvalue weighted by molar-refractivity contribution is 0.504. The molecule has 1 aliphatic rings. The van der Waals surface area contributed by atoms with E-state index in [4.69, 9.17) is 0 Å². The first-order valence-corrected chi connectivity index (χ1v) is 11.0. The van der Waals surface area contributed by atoms with Crippen LogP contribution >= 0.6 is 0 Å². The SMILES string of the molecule is C1CCC1.CC.CC.CC.CC.CC.CC.CC.CC.CC. The van der Waals surface area contributed by atoms with Crippen LogP contribution in [-0.2, 0) is 0 Å². The lowest BCUT2D eigenvalue weighted by Gasteiger charge is -2.05. The molecule has 0 bridgehead atoms. The minimum absolute atomic E-state index is 1.50. The van der Waals surface area contributed by atoms with Crippen LogP contribution in [-0.4, -0.2) is 0 Å². The van der Waals surface area contributed by atoms with Crippen LogP contribution in [0, 0.1) is 0 Å². The van der Waals surface area contributed by atoms with Crippen LogP contribution in [0.2, 0.25) is 0 Å². The van der Waals surface area contributed by atoms with Gasteiger partial charge in [-0.2, -0.15) is 0 Å². The third-order valence-corrected chi connectivity index (χ3v) is 1.000. The summed E-state index contributed by atoms with van der Waals surface area (Å²) >= 11 is 0. The number of hydrogen-bond donors (Lipinski definition) is 0. The summed E-state index contributed by atoms with van der Waals surface area (Å²) in [7, 11) is 0. The van der Waals surface area contributed by atoms with Gasteiger partial charge in [-0.05, 0) is 0 Å². The van der Waals surface area contributed by atoms with Gasteiger partial charge in [0.05, 0.1) is 0 Å². The molecule has 0 aliphatic heterocycles. The predicted molar refractivity (Wildman–Crippen MR) is 121 cm³/mol. The van der Waals surface area contributed by atoms with Gasteiger partial charge in [-0.25, -0.2) is 0 Å². The molecule has 1 rings (SSSR count). The molecule has 1 aliphatic carbocycles. The normalized spacial score (nSPS) is 6.82. The van der Waals surface area contributed by atoms with E-state index in [1.807, 2.05) is 125 Å². The quantitative estimate of drug-likeness (QED) is 0.415. The number of hydrogen-bond acceptors (Lipinski definition) is 0. The Morgan fingerprint density at radius 1 is 0.182 bits per heavy atom.